The molecule has 0 aliphatic rings. The van der Waals surface area contributed by atoms with Crippen molar-refractivity contribution in [1.82, 2.24) is 9.97 Å². The zero-order valence-corrected chi connectivity index (χ0v) is 13.2. The molecule has 0 unspecified atom stereocenters. The topological polar surface area (TPSA) is 55.0 Å². The van der Waals surface area contributed by atoms with Gasteiger partial charge in [-0.05, 0) is 31.2 Å². The third-order valence-electron chi connectivity index (χ3n) is 3.21. The van der Waals surface area contributed by atoms with Crippen LogP contribution in [0.25, 0.3) is 10.9 Å². The number of nitrogens with one attached hydrogen (secondary N) is 1. The quantitative estimate of drug-likeness (QED) is 0.773. The van der Waals surface area contributed by atoms with E-state index in [0.717, 1.165) is 0 Å². The van der Waals surface area contributed by atoms with E-state index in [1.54, 1.807) is 43.3 Å². The first kappa shape index (κ1) is 14.9. The Morgan fingerprint density at radius 3 is 2.77 bits per heavy atom. The molecule has 3 aromatic rings. The molecule has 0 radical (unpaired) electrons. The lowest BCUT2D eigenvalue weighted by Gasteiger charge is -2.15. The number of halogens is 2. The highest BCUT2D eigenvalue weighted by atomic mass is 35.5. The average molecular weight is 335 g/mol. The van der Waals surface area contributed by atoms with E-state index < -0.39 is 6.10 Å². The van der Waals surface area contributed by atoms with E-state index in [4.69, 9.17) is 27.9 Å². The third kappa shape index (κ3) is 2.93. The number of fused-ring (bicyclic) bond motifs is 1. The highest BCUT2D eigenvalue weighted by Gasteiger charge is 2.14. The Labute approximate surface area is 136 Å². The van der Waals surface area contributed by atoms with E-state index in [1.165, 1.54) is 0 Å². The second-order valence-corrected chi connectivity index (χ2v) is 5.65. The first-order valence-electron chi connectivity index (χ1n) is 6.65. The number of aromatic amines is 1. The van der Waals surface area contributed by atoms with E-state index in [1.807, 2.05) is 6.07 Å². The lowest BCUT2D eigenvalue weighted by Crippen LogP contribution is -2.16. The Morgan fingerprint density at radius 2 is 1.95 bits per heavy atom. The van der Waals surface area contributed by atoms with Crippen LogP contribution in [0.4, 0.5) is 0 Å². The van der Waals surface area contributed by atoms with Crippen molar-refractivity contribution in [3.8, 4) is 5.75 Å². The minimum Gasteiger partial charge on any atom is -0.481 e. The van der Waals surface area contributed by atoms with Gasteiger partial charge in [-0.3, -0.25) is 4.79 Å². The van der Waals surface area contributed by atoms with Gasteiger partial charge in [0.05, 0.1) is 15.9 Å². The smallest absolute Gasteiger partial charge is 0.258 e. The minimum atomic E-state index is -0.478. The van der Waals surface area contributed by atoms with Gasteiger partial charge in [0, 0.05) is 11.1 Å². The van der Waals surface area contributed by atoms with Gasteiger partial charge in [0.2, 0.25) is 0 Å². The van der Waals surface area contributed by atoms with E-state index in [2.05, 4.69) is 9.97 Å². The van der Waals surface area contributed by atoms with Crippen molar-refractivity contribution in [3.63, 3.8) is 0 Å². The molecule has 1 aromatic heterocycles. The number of ether oxygens (including phenoxy) is 1. The Kier molecular flexibility index (Phi) is 4.05. The fraction of sp³-hybridized carbons (Fsp3) is 0.125. The van der Waals surface area contributed by atoms with Gasteiger partial charge in [0.15, 0.2) is 11.9 Å². The van der Waals surface area contributed by atoms with Crippen molar-refractivity contribution in [1.29, 1.82) is 0 Å². The lowest BCUT2D eigenvalue weighted by molar-refractivity contribution is 0.217. The maximum atomic E-state index is 12.1. The first-order valence-corrected chi connectivity index (χ1v) is 7.41. The molecule has 0 saturated carbocycles. The molecule has 1 N–H and O–H groups in total. The lowest BCUT2D eigenvalue weighted by atomic mass is 10.2. The van der Waals surface area contributed by atoms with E-state index >= 15 is 0 Å². The van der Waals surface area contributed by atoms with Crippen molar-refractivity contribution in [2.24, 2.45) is 0 Å². The van der Waals surface area contributed by atoms with Crippen LogP contribution in [0.5, 0.6) is 5.75 Å². The van der Waals surface area contributed by atoms with Crippen molar-refractivity contribution >= 4 is 34.1 Å². The highest BCUT2D eigenvalue weighted by Crippen LogP contribution is 2.30. The Balaban J connectivity index is 1.97. The molecular formula is C16H12Cl2N2O2. The van der Waals surface area contributed by atoms with Gasteiger partial charge in [-0.1, -0.05) is 35.3 Å². The first-order chi connectivity index (χ1) is 10.5. The van der Waals surface area contributed by atoms with Crippen molar-refractivity contribution in [2.75, 3.05) is 0 Å². The maximum Gasteiger partial charge on any atom is 0.258 e. The zero-order chi connectivity index (χ0) is 15.7. The molecule has 0 saturated heterocycles. The summed E-state index contributed by atoms with van der Waals surface area (Å²) in [4.78, 5) is 19.2. The standard InChI is InChI=1S/C16H12Cl2N2O2/c1-9(22-14-8-10(17)6-7-12(14)18)15-19-13-5-3-2-4-11(13)16(21)20-15/h2-9H,1H3,(H,19,20,21)/t9-/m0/s1. The molecule has 2 aromatic carbocycles. The zero-order valence-electron chi connectivity index (χ0n) is 11.6. The van der Waals surface area contributed by atoms with Crippen LogP contribution in [0.3, 0.4) is 0 Å². The fourth-order valence-electron chi connectivity index (χ4n) is 2.11. The Morgan fingerprint density at radius 1 is 1.18 bits per heavy atom. The van der Waals surface area contributed by atoms with E-state index in [0.29, 0.717) is 32.5 Å². The van der Waals surface area contributed by atoms with E-state index in [-0.39, 0.29) is 5.56 Å². The molecule has 3 rings (SSSR count). The number of aromatic nitrogens is 2. The molecule has 22 heavy (non-hydrogen) atoms. The predicted molar refractivity (Wildman–Crippen MR) is 87.9 cm³/mol. The number of hydrogen-bond donors (Lipinski definition) is 1. The van der Waals surface area contributed by atoms with Crippen molar-refractivity contribution in [2.45, 2.75) is 13.0 Å². The summed E-state index contributed by atoms with van der Waals surface area (Å²) in [6.45, 7) is 1.78. The number of rotatable bonds is 3. The molecule has 1 atom stereocenters. The molecule has 0 aliphatic carbocycles. The summed E-state index contributed by atoms with van der Waals surface area (Å²) >= 11 is 12.0. The second kappa shape index (κ2) is 5.99. The Bertz CT molecular complexity index is 893. The number of para-hydroxylation sites is 1. The van der Waals surface area contributed by atoms with Crippen molar-refractivity contribution in [3.05, 3.63) is 68.7 Å². The summed E-state index contributed by atoms with van der Waals surface area (Å²) in [5, 5.41) is 1.50. The molecule has 0 aliphatic heterocycles. The molecule has 1 heterocycles. The van der Waals surface area contributed by atoms with Crippen LogP contribution < -0.4 is 10.3 Å². The normalized spacial score (nSPS) is 12.3. The summed E-state index contributed by atoms with van der Waals surface area (Å²) in [5.74, 6) is 0.872. The van der Waals surface area contributed by atoms with Gasteiger partial charge >= 0.3 is 0 Å². The molecule has 4 nitrogen and oxygen atoms in total. The molecule has 112 valence electrons. The fourth-order valence-corrected chi connectivity index (χ4v) is 2.44. The highest BCUT2D eigenvalue weighted by molar-refractivity contribution is 6.34. The molecule has 0 fully saturated rings. The van der Waals surface area contributed by atoms with Crippen LogP contribution in [-0.2, 0) is 0 Å². The average Bonchev–Trinajstić information content (AvgIpc) is 2.51. The van der Waals surface area contributed by atoms with Crippen LogP contribution >= 0.6 is 23.2 Å². The molecule has 6 heteroatoms. The third-order valence-corrected chi connectivity index (χ3v) is 3.76. The van der Waals surface area contributed by atoms with Gasteiger partial charge in [-0.2, -0.15) is 0 Å². The summed E-state index contributed by atoms with van der Waals surface area (Å²) in [6.07, 6.45) is -0.478. The predicted octanol–water partition coefficient (Wildman–Crippen LogP) is 4.37. The number of nitrogens with zero attached hydrogens (tertiary/aromatic N) is 1. The van der Waals surface area contributed by atoms with Crippen LogP contribution in [0, 0.1) is 0 Å². The van der Waals surface area contributed by atoms with Crippen LogP contribution in [0.2, 0.25) is 10.0 Å². The van der Waals surface area contributed by atoms with Gasteiger partial charge in [-0.25, -0.2) is 4.98 Å². The van der Waals surface area contributed by atoms with Gasteiger partial charge in [0.25, 0.3) is 5.56 Å². The Hall–Kier alpha value is -2.04. The molecule has 0 amide bonds. The van der Waals surface area contributed by atoms with Gasteiger partial charge in [0.1, 0.15) is 5.75 Å². The maximum absolute atomic E-state index is 12.1. The summed E-state index contributed by atoms with van der Waals surface area (Å²) in [7, 11) is 0. The summed E-state index contributed by atoms with van der Waals surface area (Å²) in [5.41, 5.74) is 0.419. The van der Waals surface area contributed by atoms with Crippen LogP contribution in [-0.4, -0.2) is 9.97 Å². The number of benzene rings is 2. The van der Waals surface area contributed by atoms with Crippen LogP contribution in [0.1, 0.15) is 18.9 Å². The number of hydrogen-bond acceptors (Lipinski definition) is 3. The van der Waals surface area contributed by atoms with Crippen LogP contribution in [0.15, 0.2) is 47.3 Å². The molecule has 0 bridgehead atoms. The van der Waals surface area contributed by atoms with Gasteiger partial charge < -0.3 is 9.72 Å². The largest absolute Gasteiger partial charge is 0.481 e. The number of H-pyrrole nitrogens is 1. The SMILES string of the molecule is C[C@H](Oc1cc(Cl)ccc1Cl)c1nc2ccccc2c(=O)[nH]1. The second-order valence-electron chi connectivity index (χ2n) is 4.80. The summed E-state index contributed by atoms with van der Waals surface area (Å²) in [6, 6.07) is 12.1. The summed E-state index contributed by atoms with van der Waals surface area (Å²) < 4.78 is 5.77. The monoisotopic (exact) mass is 334 g/mol. The van der Waals surface area contributed by atoms with Crippen molar-refractivity contribution < 1.29 is 4.74 Å². The van der Waals surface area contributed by atoms with Gasteiger partial charge in [-0.15, -0.1) is 0 Å². The molecule has 0 spiro atoms. The molecular weight excluding hydrogens is 323 g/mol. The minimum absolute atomic E-state index is 0.201. The van der Waals surface area contributed by atoms with E-state index in [9.17, 15) is 4.79 Å².